The quantitative estimate of drug-likeness (QED) is 0.810. The number of amides is 1. The zero-order chi connectivity index (χ0) is 17.7. The third-order valence-corrected chi connectivity index (χ3v) is 3.86. The van der Waals surface area contributed by atoms with E-state index in [2.05, 4.69) is 19.2 Å². The van der Waals surface area contributed by atoms with Crippen molar-refractivity contribution >= 4 is 23.2 Å². The van der Waals surface area contributed by atoms with Gasteiger partial charge in [-0.25, -0.2) is 0 Å². The summed E-state index contributed by atoms with van der Waals surface area (Å²) in [7, 11) is 1.54. The van der Waals surface area contributed by atoms with Crippen molar-refractivity contribution in [3.05, 3.63) is 53.1 Å². The lowest BCUT2D eigenvalue weighted by Gasteiger charge is -2.17. The molecular weight excluding hydrogens is 326 g/mol. The van der Waals surface area contributed by atoms with E-state index in [4.69, 9.17) is 21.1 Å². The number of carbonyl (C=O) groups is 1. The summed E-state index contributed by atoms with van der Waals surface area (Å²) in [5, 5.41) is 3.30. The van der Waals surface area contributed by atoms with Gasteiger partial charge >= 0.3 is 0 Å². The van der Waals surface area contributed by atoms with Gasteiger partial charge in [0.1, 0.15) is 11.5 Å². The molecule has 2 rings (SSSR count). The van der Waals surface area contributed by atoms with E-state index in [9.17, 15) is 4.79 Å². The smallest absolute Gasteiger partial charge is 0.265 e. The predicted molar refractivity (Wildman–Crippen MR) is 97.3 cm³/mol. The number of halogens is 1. The molecule has 1 amide bonds. The molecule has 128 valence electrons. The highest BCUT2D eigenvalue weighted by atomic mass is 35.5. The molecule has 0 heterocycles. The Balaban J connectivity index is 2.07. The largest absolute Gasteiger partial charge is 0.495 e. The average Bonchev–Trinajstić information content (AvgIpc) is 2.55. The van der Waals surface area contributed by atoms with E-state index < -0.39 is 6.10 Å². The lowest BCUT2D eigenvalue weighted by atomic mass is 10.0. The Bertz CT molecular complexity index is 716. The zero-order valence-electron chi connectivity index (χ0n) is 14.3. The lowest BCUT2D eigenvalue weighted by Crippen LogP contribution is -2.30. The van der Waals surface area contributed by atoms with Crippen LogP contribution >= 0.6 is 11.6 Å². The lowest BCUT2D eigenvalue weighted by molar-refractivity contribution is -0.122. The highest BCUT2D eigenvalue weighted by Gasteiger charge is 2.17. The van der Waals surface area contributed by atoms with Crippen LogP contribution in [0, 0.1) is 0 Å². The molecule has 2 aromatic rings. The van der Waals surface area contributed by atoms with Crippen molar-refractivity contribution in [1.82, 2.24) is 0 Å². The maximum absolute atomic E-state index is 12.4. The fourth-order valence-corrected chi connectivity index (χ4v) is 2.39. The van der Waals surface area contributed by atoms with Gasteiger partial charge in [-0.1, -0.05) is 37.6 Å². The second kappa shape index (κ2) is 8.06. The molecule has 24 heavy (non-hydrogen) atoms. The van der Waals surface area contributed by atoms with E-state index >= 15 is 0 Å². The van der Waals surface area contributed by atoms with Crippen LogP contribution in [-0.4, -0.2) is 19.1 Å². The number of nitrogens with one attached hydrogen (secondary N) is 1. The Morgan fingerprint density at radius 3 is 2.54 bits per heavy atom. The molecule has 1 unspecified atom stereocenters. The molecule has 0 aliphatic carbocycles. The Morgan fingerprint density at radius 2 is 1.88 bits per heavy atom. The summed E-state index contributed by atoms with van der Waals surface area (Å²) in [5.74, 6) is 1.34. The van der Waals surface area contributed by atoms with Gasteiger partial charge in [-0.3, -0.25) is 4.79 Å². The maximum atomic E-state index is 12.4. The zero-order valence-corrected chi connectivity index (χ0v) is 15.1. The van der Waals surface area contributed by atoms with Gasteiger partial charge in [0.15, 0.2) is 6.10 Å². The molecule has 4 nitrogen and oxygen atoms in total. The second-order valence-corrected chi connectivity index (χ2v) is 6.26. The summed E-state index contributed by atoms with van der Waals surface area (Å²) in [5.41, 5.74) is 1.68. The highest BCUT2D eigenvalue weighted by Crippen LogP contribution is 2.28. The van der Waals surface area contributed by atoms with Crippen LogP contribution < -0.4 is 14.8 Å². The SMILES string of the molecule is COc1ccc(Cl)cc1NC(=O)C(C)Oc1cccc(C(C)C)c1. The Morgan fingerprint density at radius 1 is 1.12 bits per heavy atom. The van der Waals surface area contributed by atoms with Crippen molar-refractivity contribution in [2.45, 2.75) is 32.8 Å². The summed E-state index contributed by atoms with van der Waals surface area (Å²) in [6, 6.07) is 12.8. The Hall–Kier alpha value is -2.20. The number of hydrogen-bond donors (Lipinski definition) is 1. The van der Waals surface area contributed by atoms with Gasteiger partial charge in [-0.15, -0.1) is 0 Å². The monoisotopic (exact) mass is 347 g/mol. The maximum Gasteiger partial charge on any atom is 0.265 e. The minimum atomic E-state index is -0.656. The molecular formula is C19H22ClNO3. The fourth-order valence-electron chi connectivity index (χ4n) is 2.22. The van der Waals surface area contributed by atoms with Gasteiger partial charge in [0.05, 0.1) is 12.8 Å². The van der Waals surface area contributed by atoms with Crippen LogP contribution in [0.2, 0.25) is 5.02 Å². The second-order valence-electron chi connectivity index (χ2n) is 5.82. The number of anilines is 1. The summed E-state index contributed by atoms with van der Waals surface area (Å²) in [4.78, 5) is 12.4. The first-order chi connectivity index (χ1) is 11.4. The minimum absolute atomic E-state index is 0.273. The van der Waals surface area contributed by atoms with Gasteiger partial charge in [0.25, 0.3) is 5.91 Å². The first kappa shape index (κ1) is 18.1. The summed E-state index contributed by atoms with van der Waals surface area (Å²) < 4.78 is 11.0. The molecule has 0 spiro atoms. The summed E-state index contributed by atoms with van der Waals surface area (Å²) in [6.45, 7) is 5.93. The van der Waals surface area contributed by atoms with Crippen LogP contribution in [0.5, 0.6) is 11.5 Å². The number of methoxy groups -OCH3 is 1. The summed E-state index contributed by atoms with van der Waals surface area (Å²) >= 11 is 5.98. The Labute approximate surface area is 147 Å². The highest BCUT2D eigenvalue weighted by molar-refractivity contribution is 6.31. The van der Waals surface area contributed by atoms with Crippen LogP contribution in [-0.2, 0) is 4.79 Å². The van der Waals surface area contributed by atoms with Crippen LogP contribution in [0.25, 0.3) is 0 Å². The van der Waals surface area contributed by atoms with Crippen molar-refractivity contribution in [1.29, 1.82) is 0 Å². The number of rotatable bonds is 6. The first-order valence-electron chi connectivity index (χ1n) is 7.81. The van der Waals surface area contributed by atoms with Gasteiger partial charge in [-0.05, 0) is 48.7 Å². The topological polar surface area (TPSA) is 47.6 Å². The predicted octanol–water partition coefficient (Wildman–Crippen LogP) is 4.88. The third-order valence-electron chi connectivity index (χ3n) is 3.63. The molecule has 0 aromatic heterocycles. The molecule has 1 N–H and O–H groups in total. The van der Waals surface area contributed by atoms with E-state index in [0.717, 1.165) is 5.56 Å². The molecule has 2 aromatic carbocycles. The van der Waals surface area contributed by atoms with Crippen molar-refractivity contribution in [3.63, 3.8) is 0 Å². The van der Waals surface area contributed by atoms with Crippen LogP contribution in [0.1, 0.15) is 32.3 Å². The number of carbonyl (C=O) groups excluding carboxylic acids is 1. The molecule has 0 radical (unpaired) electrons. The number of ether oxygens (including phenoxy) is 2. The molecule has 0 aliphatic rings. The molecule has 0 saturated carbocycles. The van der Waals surface area contributed by atoms with Gasteiger partial charge in [-0.2, -0.15) is 0 Å². The Kier molecular flexibility index (Phi) is 6.10. The summed E-state index contributed by atoms with van der Waals surface area (Å²) in [6.07, 6.45) is -0.656. The molecule has 0 bridgehead atoms. The molecule has 0 aliphatic heterocycles. The van der Waals surface area contributed by atoms with Crippen molar-refractivity contribution in [2.75, 3.05) is 12.4 Å². The van der Waals surface area contributed by atoms with Crippen molar-refractivity contribution in [3.8, 4) is 11.5 Å². The molecule has 1 atom stereocenters. The third kappa shape index (κ3) is 4.65. The van der Waals surface area contributed by atoms with Crippen molar-refractivity contribution < 1.29 is 14.3 Å². The van der Waals surface area contributed by atoms with Crippen LogP contribution in [0.4, 0.5) is 5.69 Å². The fraction of sp³-hybridized carbons (Fsp3) is 0.316. The van der Waals surface area contributed by atoms with Crippen LogP contribution in [0.3, 0.4) is 0 Å². The number of hydrogen-bond acceptors (Lipinski definition) is 3. The minimum Gasteiger partial charge on any atom is -0.495 e. The standard InChI is InChI=1S/C19H22ClNO3/c1-12(2)14-6-5-7-16(10-14)24-13(3)19(22)21-17-11-15(20)8-9-18(17)23-4/h5-13H,1-4H3,(H,21,22). The number of benzene rings is 2. The van der Waals surface area contributed by atoms with Gasteiger partial charge < -0.3 is 14.8 Å². The van der Waals surface area contributed by atoms with E-state index in [-0.39, 0.29) is 5.91 Å². The van der Waals surface area contributed by atoms with E-state index in [1.165, 1.54) is 7.11 Å². The molecule has 0 saturated heterocycles. The van der Waals surface area contributed by atoms with Gasteiger partial charge in [0, 0.05) is 5.02 Å². The molecule has 5 heteroatoms. The van der Waals surface area contributed by atoms with E-state index in [0.29, 0.717) is 28.1 Å². The molecule has 0 fully saturated rings. The van der Waals surface area contributed by atoms with E-state index in [1.807, 2.05) is 24.3 Å². The van der Waals surface area contributed by atoms with Gasteiger partial charge in [0.2, 0.25) is 0 Å². The first-order valence-corrected chi connectivity index (χ1v) is 8.19. The van der Waals surface area contributed by atoms with Crippen molar-refractivity contribution in [2.24, 2.45) is 0 Å². The van der Waals surface area contributed by atoms with E-state index in [1.54, 1.807) is 25.1 Å². The normalized spacial score (nSPS) is 11.9. The average molecular weight is 348 g/mol. The van der Waals surface area contributed by atoms with Crippen LogP contribution in [0.15, 0.2) is 42.5 Å².